The van der Waals surface area contributed by atoms with Crippen molar-refractivity contribution in [3.63, 3.8) is 0 Å². The SMILES string of the molecule is CCc1c(F)ccc2cc(O)cc(-c3c(Cl)cc4c(N5CCCC6(CCO6)C5)nc(OC[C@@]56CCCN5C[C@H](F)C6)nc4c3F)c12. The number of aromatic hydroxyl groups is 1. The van der Waals surface area contributed by atoms with Crippen LogP contribution in [0.3, 0.4) is 0 Å². The van der Waals surface area contributed by atoms with Crippen LogP contribution in [0.25, 0.3) is 32.8 Å². The maximum absolute atomic E-state index is 17.1. The molecule has 0 aliphatic carbocycles. The zero-order valence-corrected chi connectivity index (χ0v) is 26.5. The molecule has 1 N–H and O–H groups in total. The van der Waals surface area contributed by atoms with Crippen LogP contribution < -0.4 is 9.64 Å². The van der Waals surface area contributed by atoms with Crippen LogP contribution in [0.1, 0.15) is 51.0 Å². The predicted molar refractivity (Wildman–Crippen MR) is 172 cm³/mol. The quantitative estimate of drug-likeness (QED) is 0.233. The molecule has 4 saturated heterocycles. The molecule has 8 rings (SSSR count). The number of hydrogen-bond donors (Lipinski definition) is 1. The molecule has 4 aliphatic heterocycles. The molecule has 0 bridgehead atoms. The van der Waals surface area contributed by atoms with Crippen molar-refractivity contribution < 1.29 is 27.8 Å². The smallest absolute Gasteiger partial charge is 0.319 e. The van der Waals surface area contributed by atoms with Gasteiger partial charge in [0.25, 0.3) is 0 Å². The summed E-state index contributed by atoms with van der Waals surface area (Å²) in [5, 5.41) is 12.2. The summed E-state index contributed by atoms with van der Waals surface area (Å²) < 4.78 is 58.9. The van der Waals surface area contributed by atoms with Crippen molar-refractivity contribution in [3.8, 4) is 22.9 Å². The molecule has 0 amide bonds. The van der Waals surface area contributed by atoms with E-state index in [4.69, 9.17) is 26.1 Å². The summed E-state index contributed by atoms with van der Waals surface area (Å²) in [6, 6.07) is 7.53. The highest BCUT2D eigenvalue weighted by atomic mass is 35.5. The zero-order valence-electron chi connectivity index (χ0n) is 25.7. The number of halogens is 4. The fourth-order valence-corrected chi connectivity index (χ4v) is 8.69. The van der Waals surface area contributed by atoms with Gasteiger partial charge in [0.1, 0.15) is 35.7 Å². The lowest BCUT2D eigenvalue weighted by Crippen LogP contribution is -2.56. The summed E-state index contributed by atoms with van der Waals surface area (Å²) in [7, 11) is 0. The third-order valence-electron chi connectivity index (χ3n) is 10.7. The van der Waals surface area contributed by atoms with E-state index < -0.39 is 23.3 Å². The van der Waals surface area contributed by atoms with Gasteiger partial charge < -0.3 is 19.5 Å². The lowest BCUT2D eigenvalue weighted by Gasteiger charge is -2.48. The van der Waals surface area contributed by atoms with Crippen molar-refractivity contribution in [1.29, 1.82) is 0 Å². The van der Waals surface area contributed by atoms with Crippen LogP contribution in [0.4, 0.5) is 19.0 Å². The largest absolute Gasteiger partial charge is 0.508 e. The molecular formula is C35H36ClF3N4O3. The molecule has 46 heavy (non-hydrogen) atoms. The highest BCUT2D eigenvalue weighted by Crippen LogP contribution is 2.46. The Balaban J connectivity index is 1.30. The molecule has 242 valence electrons. The minimum absolute atomic E-state index is 0.00779. The van der Waals surface area contributed by atoms with Crippen molar-refractivity contribution >= 4 is 39.1 Å². The van der Waals surface area contributed by atoms with E-state index in [9.17, 15) is 9.50 Å². The first kappa shape index (κ1) is 30.0. The highest BCUT2D eigenvalue weighted by Gasteiger charge is 2.49. The number of aryl methyl sites for hydroxylation is 1. The van der Waals surface area contributed by atoms with Gasteiger partial charge in [0.05, 0.1) is 22.8 Å². The van der Waals surface area contributed by atoms with E-state index in [1.165, 1.54) is 18.2 Å². The Kier molecular flexibility index (Phi) is 7.26. The molecule has 1 unspecified atom stereocenters. The number of nitrogens with zero attached hydrogens (tertiary/aromatic N) is 4. The Labute approximate surface area is 270 Å². The number of phenols is 1. The topological polar surface area (TPSA) is 71.0 Å². The van der Waals surface area contributed by atoms with Crippen molar-refractivity contribution in [1.82, 2.24) is 14.9 Å². The second-order valence-corrected chi connectivity index (χ2v) is 13.8. The second kappa shape index (κ2) is 11.1. The molecule has 4 fully saturated rings. The van der Waals surface area contributed by atoms with E-state index in [0.717, 1.165) is 38.6 Å². The first-order valence-corrected chi connectivity index (χ1v) is 16.6. The molecule has 3 atom stereocenters. The van der Waals surface area contributed by atoms with Crippen LogP contribution in [0.15, 0.2) is 30.3 Å². The summed E-state index contributed by atoms with van der Waals surface area (Å²) in [5.41, 5.74) is 0.00679. The van der Waals surface area contributed by atoms with Crippen LogP contribution >= 0.6 is 11.6 Å². The van der Waals surface area contributed by atoms with Gasteiger partial charge in [0.15, 0.2) is 5.82 Å². The highest BCUT2D eigenvalue weighted by molar-refractivity contribution is 6.35. The number of fused-ring (bicyclic) bond motifs is 3. The lowest BCUT2D eigenvalue weighted by molar-refractivity contribution is -0.151. The van der Waals surface area contributed by atoms with Crippen LogP contribution in [0.2, 0.25) is 5.02 Å². The number of rotatable bonds is 6. The zero-order chi connectivity index (χ0) is 31.8. The fraction of sp³-hybridized carbons (Fsp3) is 0.486. The van der Waals surface area contributed by atoms with Crippen molar-refractivity contribution in [2.45, 2.75) is 69.2 Å². The van der Waals surface area contributed by atoms with E-state index in [1.807, 2.05) is 6.92 Å². The van der Waals surface area contributed by atoms with Gasteiger partial charge in [-0.05, 0) is 84.8 Å². The predicted octanol–water partition coefficient (Wildman–Crippen LogP) is 7.36. The lowest BCUT2D eigenvalue weighted by atomic mass is 9.85. The number of piperidine rings is 1. The molecule has 5 heterocycles. The Morgan fingerprint density at radius 3 is 2.72 bits per heavy atom. The molecule has 4 aliphatic rings. The van der Waals surface area contributed by atoms with Gasteiger partial charge in [-0.15, -0.1) is 0 Å². The van der Waals surface area contributed by atoms with Gasteiger partial charge in [0, 0.05) is 43.4 Å². The van der Waals surface area contributed by atoms with Crippen molar-refractivity contribution in [2.24, 2.45) is 0 Å². The Morgan fingerprint density at radius 2 is 1.93 bits per heavy atom. The van der Waals surface area contributed by atoms with E-state index >= 15 is 8.78 Å². The Bertz CT molecular complexity index is 1870. The molecule has 0 radical (unpaired) electrons. The van der Waals surface area contributed by atoms with Gasteiger partial charge in [-0.25, -0.2) is 13.2 Å². The molecule has 7 nitrogen and oxygen atoms in total. The van der Waals surface area contributed by atoms with E-state index in [1.54, 1.807) is 12.1 Å². The normalized spacial score (nSPS) is 26.3. The molecule has 1 aromatic heterocycles. The van der Waals surface area contributed by atoms with E-state index in [0.29, 0.717) is 66.6 Å². The number of hydrogen-bond acceptors (Lipinski definition) is 7. The average Bonchev–Trinajstić information content (AvgIpc) is 3.55. The first-order valence-electron chi connectivity index (χ1n) is 16.2. The summed E-state index contributed by atoms with van der Waals surface area (Å²) in [4.78, 5) is 13.7. The van der Waals surface area contributed by atoms with E-state index in [2.05, 4.69) is 14.8 Å². The maximum atomic E-state index is 17.1. The average molecular weight is 653 g/mol. The van der Waals surface area contributed by atoms with Crippen LogP contribution in [0.5, 0.6) is 11.8 Å². The van der Waals surface area contributed by atoms with Gasteiger partial charge >= 0.3 is 6.01 Å². The van der Waals surface area contributed by atoms with Gasteiger partial charge in [0.2, 0.25) is 0 Å². The monoisotopic (exact) mass is 652 g/mol. The number of aromatic nitrogens is 2. The molecule has 1 spiro atoms. The minimum atomic E-state index is -0.916. The molecule has 11 heteroatoms. The summed E-state index contributed by atoms with van der Waals surface area (Å²) >= 11 is 6.91. The number of phenolic OH excluding ortho intramolecular Hbond substituents is 1. The molecule has 3 aromatic carbocycles. The van der Waals surface area contributed by atoms with Crippen LogP contribution in [-0.4, -0.2) is 76.7 Å². The fourth-order valence-electron chi connectivity index (χ4n) is 8.39. The number of anilines is 1. The summed E-state index contributed by atoms with van der Waals surface area (Å²) in [6.07, 6.45) is 4.37. The summed E-state index contributed by atoms with van der Waals surface area (Å²) in [6.45, 7) is 5.22. The number of alkyl halides is 1. The maximum Gasteiger partial charge on any atom is 0.319 e. The molecule has 4 aromatic rings. The van der Waals surface area contributed by atoms with Crippen LogP contribution in [0, 0.1) is 11.6 Å². The minimum Gasteiger partial charge on any atom is -0.508 e. The molecular weight excluding hydrogens is 617 g/mol. The van der Waals surface area contributed by atoms with E-state index in [-0.39, 0.29) is 45.6 Å². The summed E-state index contributed by atoms with van der Waals surface area (Å²) in [5.74, 6) is -0.731. The van der Waals surface area contributed by atoms with Crippen molar-refractivity contribution in [3.05, 3.63) is 52.6 Å². The van der Waals surface area contributed by atoms with Crippen molar-refractivity contribution in [2.75, 3.05) is 44.3 Å². The molecule has 0 saturated carbocycles. The van der Waals surface area contributed by atoms with Gasteiger partial charge in [-0.2, -0.15) is 9.97 Å². The Hall–Kier alpha value is -3.34. The van der Waals surface area contributed by atoms with Gasteiger partial charge in [-0.1, -0.05) is 24.6 Å². The second-order valence-electron chi connectivity index (χ2n) is 13.4. The number of ether oxygens (including phenoxy) is 2. The first-order chi connectivity index (χ1) is 22.2. The van der Waals surface area contributed by atoms with Gasteiger partial charge in [-0.3, -0.25) is 4.90 Å². The number of benzene rings is 3. The van der Waals surface area contributed by atoms with Crippen LogP contribution in [-0.2, 0) is 11.2 Å². The third kappa shape index (κ3) is 4.78. The Morgan fingerprint density at radius 1 is 1.11 bits per heavy atom. The standard InChI is InChI=1S/C35H36ClF3N4O3/c1-2-23-27(38)6-5-20-13-22(44)14-24(28(20)23)29-26(36)15-25-31(30(29)39)40-33(45-19-34-7-3-11-43(34)17-21(37)16-34)41-32(25)42-10-4-8-35(18-42)9-12-46-35/h5-6,13-15,21,44H,2-4,7-12,16-19H2,1H3/t21-,34+,35?/m1/s1. The third-order valence-corrected chi connectivity index (χ3v) is 11.0.